The van der Waals surface area contributed by atoms with Gasteiger partial charge in [-0.15, -0.1) is 0 Å². The Bertz CT molecular complexity index is 172. The zero-order chi connectivity index (χ0) is 9.56. The van der Waals surface area contributed by atoms with Crippen LogP contribution in [0.1, 0.15) is 19.8 Å². The summed E-state index contributed by atoms with van der Waals surface area (Å²) in [5, 5.41) is 0.528. The number of rotatable bonds is 5. The summed E-state index contributed by atoms with van der Waals surface area (Å²) in [6.07, 6.45) is 0.457. The fourth-order valence-electron chi connectivity index (χ4n) is 0.706. The molecule has 2 N–H and O–H groups in total. The third kappa shape index (κ3) is 6.15. The van der Waals surface area contributed by atoms with Crippen LogP contribution in [0.5, 0.6) is 0 Å². The number of hydrogen-bond acceptors (Lipinski definition) is 3. The molecule has 1 unspecified atom stereocenters. The average Bonchev–Trinajstić information content (AvgIpc) is 1.97. The van der Waals surface area contributed by atoms with Gasteiger partial charge in [-0.25, -0.2) is 0 Å². The molecule has 5 heteroatoms. The second-order valence-electron chi connectivity index (χ2n) is 2.39. The topological polar surface area (TPSA) is 69.4 Å². The molecule has 0 heterocycles. The van der Waals surface area contributed by atoms with E-state index in [-0.39, 0.29) is 24.4 Å². The fraction of sp³-hybridized carbons (Fsp3) is 0.714. The van der Waals surface area contributed by atoms with Crippen LogP contribution in [0.25, 0.3) is 0 Å². The maximum absolute atomic E-state index is 10.5. The second-order valence-corrected chi connectivity index (χ2v) is 3.04. The van der Waals surface area contributed by atoms with Crippen LogP contribution < -0.4 is 5.73 Å². The molecule has 0 radical (unpaired) electrons. The smallest absolute Gasteiger partial charge is 0.302 e. The molecule has 1 amide bonds. The number of primary amides is 1. The summed E-state index contributed by atoms with van der Waals surface area (Å²) in [7, 11) is 0. The van der Waals surface area contributed by atoms with Gasteiger partial charge in [-0.05, 0) is 6.42 Å². The van der Waals surface area contributed by atoms with Gasteiger partial charge >= 0.3 is 5.97 Å². The molecule has 0 aromatic carbocycles. The quantitative estimate of drug-likeness (QED) is 0.562. The van der Waals surface area contributed by atoms with E-state index in [0.717, 1.165) is 0 Å². The van der Waals surface area contributed by atoms with Crippen molar-refractivity contribution in [2.45, 2.75) is 25.9 Å². The molecule has 0 rings (SSSR count). The van der Waals surface area contributed by atoms with Gasteiger partial charge in [-0.3, -0.25) is 9.59 Å². The number of hydrogen-bond donors (Lipinski definition) is 1. The minimum Gasteiger partial charge on any atom is -0.462 e. The summed E-state index contributed by atoms with van der Waals surface area (Å²) in [4.78, 5) is 20.9. The van der Waals surface area contributed by atoms with Crippen molar-refractivity contribution in [3.8, 4) is 0 Å². The third-order valence-corrected chi connectivity index (χ3v) is 1.94. The summed E-state index contributed by atoms with van der Waals surface area (Å²) in [5.41, 5.74) is 4.93. The summed E-state index contributed by atoms with van der Waals surface area (Å²) < 4.78 is 4.86. The number of alkyl halides is 1. The number of halogens is 1. The predicted octanol–water partition coefficient (Wildman–Crippen LogP) is 0.579. The molecule has 0 aromatic heterocycles. The fourth-order valence-corrected chi connectivity index (χ4v) is 1.16. The zero-order valence-electron chi connectivity index (χ0n) is 6.88. The Balaban J connectivity index is 3.67. The molecule has 0 aromatic rings. The van der Waals surface area contributed by atoms with E-state index in [2.05, 4.69) is 15.9 Å². The first-order valence-corrected chi connectivity index (χ1v) is 4.70. The van der Waals surface area contributed by atoms with Gasteiger partial charge in [0, 0.05) is 18.7 Å². The first-order valence-electron chi connectivity index (χ1n) is 3.57. The van der Waals surface area contributed by atoms with Crippen LogP contribution in [0.3, 0.4) is 0 Å². The predicted molar refractivity (Wildman–Crippen MR) is 47.8 cm³/mol. The first kappa shape index (κ1) is 11.4. The Hall–Kier alpha value is -0.580. The van der Waals surface area contributed by atoms with Crippen molar-refractivity contribution in [1.82, 2.24) is 0 Å². The second kappa shape index (κ2) is 5.99. The van der Waals surface area contributed by atoms with Gasteiger partial charge in [0.05, 0.1) is 0 Å². The minimum atomic E-state index is -0.381. The first-order chi connectivity index (χ1) is 5.56. The Morgan fingerprint density at radius 2 is 2.17 bits per heavy atom. The molecule has 0 spiro atoms. The molecule has 4 nitrogen and oxygen atoms in total. The van der Waals surface area contributed by atoms with Crippen LogP contribution in [0.2, 0.25) is 0 Å². The van der Waals surface area contributed by atoms with Gasteiger partial charge in [0.2, 0.25) is 5.91 Å². The van der Waals surface area contributed by atoms with Gasteiger partial charge in [0.1, 0.15) is 6.10 Å². The number of carbonyl (C=O) groups excluding carboxylic acids is 2. The lowest BCUT2D eigenvalue weighted by molar-refractivity contribution is -0.145. The highest BCUT2D eigenvalue weighted by atomic mass is 79.9. The van der Waals surface area contributed by atoms with Gasteiger partial charge in [-0.1, -0.05) is 15.9 Å². The number of nitrogens with two attached hydrogens (primary N) is 1. The van der Waals surface area contributed by atoms with E-state index in [4.69, 9.17) is 10.5 Å². The van der Waals surface area contributed by atoms with Crippen LogP contribution in [0.15, 0.2) is 0 Å². The zero-order valence-corrected chi connectivity index (χ0v) is 8.46. The average molecular weight is 238 g/mol. The van der Waals surface area contributed by atoms with E-state index in [1.807, 2.05) is 0 Å². The van der Waals surface area contributed by atoms with Crippen molar-refractivity contribution in [3.05, 3.63) is 0 Å². The summed E-state index contributed by atoms with van der Waals surface area (Å²) in [6.45, 7) is 1.33. The third-order valence-electron chi connectivity index (χ3n) is 1.22. The molecule has 12 heavy (non-hydrogen) atoms. The van der Waals surface area contributed by atoms with Gasteiger partial charge in [-0.2, -0.15) is 0 Å². The number of esters is 1. The number of carbonyl (C=O) groups is 2. The largest absolute Gasteiger partial charge is 0.462 e. The molecule has 0 saturated heterocycles. The molecule has 1 atom stereocenters. The van der Waals surface area contributed by atoms with Crippen LogP contribution in [-0.4, -0.2) is 23.3 Å². The molecule has 0 bridgehead atoms. The van der Waals surface area contributed by atoms with Gasteiger partial charge in [0.25, 0.3) is 0 Å². The van der Waals surface area contributed by atoms with Crippen LogP contribution in [-0.2, 0) is 14.3 Å². The molecule has 0 fully saturated rings. The Kier molecular flexibility index (Phi) is 5.70. The lowest BCUT2D eigenvalue weighted by atomic mass is 10.2. The Labute approximate surface area is 79.6 Å². The van der Waals surface area contributed by atoms with E-state index < -0.39 is 0 Å². The molecule has 0 aliphatic rings. The highest BCUT2D eigenvalue weighted by molar-refractivity contribution is 9.09. The van der Waals surface area contributed by atoms with Crippen molar-refractivity contribution in [3.63, 3.8) is 0 Å². The van der Waals surface area contributed by atoms with Crippen LogP contribution in [0.4, 0.5) is 0 Å². The normalized spacial score (nSPS) is 12.2. The van der Waals surface area contributed by atoms with E-state index in [0.29, 0.717) is 11.8 Å². The van der Waals surface area contributed by atoms with E-state index in [1.165, 1.54) is 6.92 Å². The lowest BCUT2D eigenvalue weighted by Gasteiger charge is -2.12. The van der Waals surface area contributed by atoms with Gasteiger partial charge < -0.3 is 10.5 Å². The van der Waals surface area contributed by atoms with E-state index in [9.17, 15) is 9.59 Å². The molecule has 0 saturated carbocycles. The Morgan fingerprint density at radius 1 is 1.58 bits per heavy atom. The van der Waals surface area contributed by atoms with E-state index >= 15 is 0 Å². The lowest BCUT2D eigenvalue weighted by Crippen LogP contribution is -2.21. The minimum absolute atomic E-state index is 0.240. The van der Waals surface area contributed by atoms with Crippen molar-refractivity contribution in [1.29, 1.82) is 0 Å². The highest BCUT2D eigenvalue weighted by Crippen LogP contribution is 2.05. The standard InChI is InChI=1S/C7H12BrNO3/c1-5(10)12-6(4-8)2-3-7(9)11/h6H,2-4H2,1H3,(H2,9,11). The molecular formula is C7H12BrNO3. The number of ether oxygens (including phenoxy) is 1. The SMILES string of the molecule is CC(=O)OC(CBr)CCC(N)=O. The molecule has 0 aliphatic carbocycles. The van der Waals surface area contributed by atoms with Crippen LogP contribution >= 0.6 is 15.9 Å². The van der Waals surface area contributed by atoms with E-state index in [1.54, 1.807) is 0 Å². The summed E-state index contributed by atoms with van der Waals surface area (Å²) in [5.74, 6) is -0.725. The molecule has 0 aliphatic heterocycles. The molecule has 70 valence electrons. The van der Waals surface area contributed by atoms with Crippen molar-refractivity contribution in [2.24, 2.45) is 5.73 Å². The van der Waals surface area contributed by atoms with Crippen molar-refractivity contribution < 1.29 is 14.3 Å². The maximum atomic E-state index is 10.5. The summed E-state index contributed by atoms with van der Waals surface area (Å²) >= 11 is 3.17. The van der Waals surface area contributed by atoms with Gasteiger partial charge in [0.15, 0.2) is 0 Å². The highest BCUT2D eigenvalue weighted by Gasteiger charge is 2.10. The Morgan fingerprint density at radius 3 is 2.50 bits per heavy atom. The summed E-state index contributed by atoms with van der Waals surface area (Å²) in [6, 6.07) is 0. The van der Waals surface area contributed by atoms with Crippen molar-refractivity contribution in [2.75, 3.05) is 5.33 Å². The molecular weight excluding hydrogens is 226 g/mol. The van der Waals surface area contributed by atoms with Crippen molar-refractivity contribution >= 4 is 27.8 Å². The monoisotopic (exact) mass is 237 g/mol. The maximum Gasteiger partial charge on any atom is 0.302 e. The van der Waals surface area contributed by atoms with Crippen LogP contribution in [0, 0.1) is 0 Å². The number of amides is 1.